The van der Waals surface area contributed by atoms with E-state index in [0.29, 0.717) is 17.8 Å². The summed E-state index contributed by atoms with van der Waals surface area (Å²) in [6.07, 6.45) is -0.0575. The smallest absolute Gasteiger partial charge is 0.275 e. The van der Waals surface area contributed by atoms with E-state index in [2.05, 4.69) is 20.3 Å². The van der Waals surface area contributed by atoms with Gasteiger partial charge in [-0.15, -0.1) is 0 Å². The van der Waals surface area contributed by atoms with Gasteiger partial charge in [0.25, 0.3) is 12.3 Å². The molecule has 0 bridgehead atoms. The lowest BCUT2D eigenvalue weighted by Crippen LogP contribution is -2.37. The minimum absolute atomic E-state index is 0.0413. The fraction of sp³-hybridized carbons (Fsp3) is 0.333. The summed E-state index contributed by atoms with van der Waals surface area (Å²) in [7, 11) is 0. The van der Waals surface area contributed by atoms with E-state index in [4.69, 9.17) is 17.3 Å². The summed E-state index contributed by atoms with van der Waals surface area (Å²) >= 11 is 7.27. The van der Waals surface area contributed by atoms with Crippen molar-refractivity contribution in [3.8, 4) is 0 Å². The molecule has 6 nitrogen and oxygen atoms in total. The summed E-state index contributed by atoms with van der Waals surface area (Å²) < 4.78 is 39.4. The summed E-state index contributed by atoms with van der Waals surface area (Å²) in [5.74, 6) is -0.696. The molecule has 0 unspecified atom stereocenters. The number of hydrogen-bond acceptors (Lipinski definition) is 6. The van der Waals surface area contributed by atoms with Crippen LogP contribution in [0.25, 0.3) is 0 Å². The highest BCUT2D eigenvalue weighted by molar-refractivity contribution is 8.14. The second-order valence-corrected chi connectivity index (χ2v) is 8.40. The van der Waals surface area contributed by atoms with Gasteiger partial charge in [0.05, 0.1) is 10.7 Å². The Morgan fingerprint density at radius 2 is 2.21 bits per heavy atom. The average molecular weight is 444 g/mol. The molecule has 11 heteroatoms. The van der Waals surface area contributed by atoms with Gasteiger partial charge in [0, 0.05) is 28.9 Å². The van der Waals surface area contributed by atoms with E-state index in [-0.39, 0.29) is 26.7 Å². The predicted molar refractivity (Wildman–Crippen MR) is 107 cm³/mol. The van der Waals surface area contributed by atoms with E-state index < -0.39 is 24.5 Å². The molecule has 2 aromatic rings. The first kappa shape index (κ1) is 21.4. The number of amidine groups is 1. The Morgan fingerprint density at radius 3 is 2.83 bits per heavy atom. The number of nitrogens with one attached hydrogen (secondary N) is 1. The number of anilines is 1. The van der Waals surface area contributed by atoms with Gasteiger partial charge in [0.1, 0.15) is 17.9 Å². The number of rotatable bonds is 5. The monoisotopic (exact) mass is 443 g/mol. The molecule has 0 radical (unpaired) electrons. The second-order valence-electron chi connectivity index (χ2n) is 6.53. The van der Waals surface area contributed by atoms with Crippen LogP contribution in [0.2, 0.25) is 5.02 Å². The quantitative estimate of drug-likeness (QED) is 0.717. The number of thioether (sulfide) groups is 1. The van der Waals surface area contributed by atoms with Crippen molar-refractivity contribution in [1.29, 1.82) is 0 Å². The molecule has 29 heavy (non-hydrogen) atoms. The van der Waals surface area contributed by atoms with Crippen LogP contribution in [0, 0.1) is 0 Å². The fourth-order valence-corrected chi connectivity index (χ4v) is 4.27. The number of hydrogen-bond donors (Lipinski definition) is 2. The van der Waals surface area contributed by atoms with Crippen LogP contribution in [0.5, 0.6) is 0 Å². The molecule has 3 N–H and O–H groups in total. The summed E-state index contributed by atoms with van der Waals surface area (Å²) in [6.45, 7) is 1.12. The number of halogens is 4. The number of carbonyl (C=O) groups is 1. The number of nitrogens with two attached hydrogens (primary N) is 1. The normalized spacial score (nSPS) is 21.7. The van der Waals surface area contributed by atoms with Gasteiger partial charge in [0.2, 0.25) is 0 Å². The first-order chi connectivity index (χ1) is 13.7. The Labute approximate surface area is 174 Å². The largest absolute Gasteiger partial charge is 0.379 e. The molecule has 1 aliphatic heterocycles. The number of aliphatic imine (C=N–C) groups is 1. The molecule has 0 spiro atoms. The SMILES string of the molecule is C[C@@H]1C[C@@](CF)(c2cc(NC(=O)c3ncc(C(F)F)cc3Cl)ccn2)N=C(N)S1. The molecule has 1 amide bonds. The standard InChI is InChI=1S/C18H17ClF3N5OS/c1-9-6-18(8-20,27-17(23)29-9)13-5-11(2-3-24-13)26-16(28)14-12(19)4-10(7-25-14)15(21)22/h2-5,7,9,15H,6,8H2,1H3,(H2,23,27)(H,24,26,28)/t9-,18-/m1/s1. The van der Waals surface area contributed by atoms with E-state index in [1.807, 2.05) is 6.92 Å². The highest BCUT2D eigenvalue weighted by Gasteiger charge is 2.39. The summed E-state index contributed by atoms with van der Waals surface area (Å²) in [4.78, 5) is 24.7. The maximum atomic E-state index is 14.0. The number of alkyl halides is 3. The van der Waals surface area contributed by atoms with Gasteiger partial charge >= 0.3 is 0 Å². The summed E-state index contributed by atoms with van der Waals surface area (Å²) in [6, 6.07) is 3.99. The van der Waals surface area contributed by atoms with Crippen LogP contribution in [-0.2, 0) is 5.54 Å². The van der Waals surface area contributed by atoms with E-state index in [1.165, 1.54) is 30.1 Å². The molecule has 154 valence electrons. The van der Waals surface area contributed by atoms with Gasteiger partial charge in [-0.05, 0) is 24.6 Å². The molecule has 0 saturated heterocycles. The van der Waals surface area contributed by atoms with Crippen molar-refractivity contribution in [1.82, 2.24) is 9.97 Å². The lowest BCUT2D eigenvalue weighted by Gasteiger charge is -2.33. The third kappa shape index (κ3) is 4.64. The average Bonchev–Trinajstić information content (AvgIpc) is 2.67. The Balaban J connectivity index is 1.87. The Morgan fingerprint density at radius 1 is 1.45 bits per heavy atom. The first-order valence-electron chi connectivity index (χ1n) is 8.53. The molecule has 0 aromatic carbocycles. The molecule has 3 heterocycles. The summed E-state index contributed by atoms with van der Waals surface area (Å²) in [5, 5.41) is 2.68. The Hall–Kier alpha value is -2.33. The minimum atomic E-state index is -2.75. The molecular formula is C18H17ClF3N5OS. The molecule has 0 aliphatic carbocycles. The molecule has 3 rings (SSSR count). The maximum Gasteiger partial charge on any atom is 0.275 e. The number of nitrogens with zero attached hydrogens (tertiary/aromatic N) is 3. The fourth-order valence-electron chi connectivity index (χ4n) is 3.01. The summed E-state index contributed by atoms with van der Waals surface area (Å²) in [5.41, 5.74) is 4.63. The Bertz CT molecular complexity index is 961. The Kier molecular flexibility index (Phi) is 6.33. The molecular weight excluding hydrogens is 427 g/mol. The predicted octanol–water partition coefficient (Wildman–Crippen LogP) is 4.32. The van der Waals surface area contributed by atoms with Crippen molar-refractivity contribution in [3.63, 3.8) is 0 Å². The highest BCUT2D eigenvalue weighted by Crippen LogP contribution is 2.39. The van der Waals surface area contributed by atoms with Crippen LogP contribution in [0.4, 0.5) is 18.9 Å². The first-order valence-corrected chi connectivity index (χ1v) is 9.79. The van der Waals surface area contributed by atoms with Crippen LogP contribution in [0.1, 0.15) is 41.5 Å². The van der Waals surface area contributed by atoms with Gasteiger partial charge in [-0.1, -0.05) is 30.3 Å². The van der Waals surface area contributed by atoms with Gasteiger partial charge in [-0.25, -0.2) is 23.1 Å². The van der Waals surface area contributed by atoms with Crippen molar-refractivity contribution in [3.05, 3.63) is 52.6 Å². The van der Waals surface area contributed by atoms with Crippen LogP contribution in [-0.4, -0.2) is 33.0 Å². The third-order valence-corrected chi connectivity index (χ3v) is 5.51. The van der Waals surface area contributed by atoms with E-state index in [0.717, 1.165) is 12.3 Å². The van der Waals surface area contributed by atoms with E-state index in [9.17, 15) is 18.0 Å². The van der Waals surface area contributed by atoms with Crippen LogP contribution >= 0.6 is 23.4 Å². The van der Waals surface area contributed by atoms with Crippen molar-refractivity contribution in [2.24, 2.45) is 10.7 Å². The van der Waals surface area contributed by atoms with Gasteiger partial charge < -0.3 is 11.1 Å². The number of amides is 1. The number of pyridine rings is 2. The zero-order chi connectivity index (χ0) is 21.2. The van der Waals surface area contributed by atoms with Crippen molar-refractivity contribution >= 4 is 40.1 Å². The van der Waals surface area contributed by atoms with Crippen LogP contribution in [0.3, 0.4) is 0 Å². The molecule has 1 aliphatic rings. The van der Waals surface area contributed by atoms with Gasteiger partial charge in [-0.3, -0.25) is 9.78 Å². The maximum absolute atomic E-state index is 14.0. The molecule has 0 saturated carbocycles. The molecule has 0 fully saturated rings. The van der Waals surface area contributed by atoms with Crippen molar-refractivity contribution in [2.75, 3.05) is 12.0 Å². The van der Waals surface area contributed by atoms with Crippen LogP contribution in [0.15, 0.2) is 35.6 Å². The lowest BCUT2D eigenvalue weighted by molar-refractivity contribution is 0.102. The van der Waals surface area contributed by atoms with Gasteiger partial charge in [0.15, 0.2) is 5.17 Å². The van der Waals surface area contributed by atoms with Crippen LogP contribution < -0.4 is 11.1 Å². The highest BCUT2D eigenvalue weighted by atomic mass is 35.5. The second kappa shape index (κ2) is 8.58. The van der Waals surface area contributed by atoms with E-state index in [1.54, 1.807) is 0 Å². The van der Waals surface area contributed by atoms with E-state index >= 15 is 0 Å². The topological polar surface area (TPSA) is 93.3 Å². The molecule has 2 aromatic heterocycles. The third-order valence-electron chi connectivity index (χ3n) is 4.32. The minimum Gasteiger partial charge on any atom is -0.379 e. The zero-order valence-electron chi connectivity index (χ0n) is 15.2. The number of aromatic nitrogens is 2. The van der Waals surface area contributed by atoms with Gasteiger partial charge in [-0.2, -0.15) is 0 Å². The lowest BCUT2D eigenvalue weighted by atomic mass is 9.90. The molecule has 2 atom stereocenters. The number of carbonyl (C=O) groups excluding carboxylic acids is 1. The zero-order valence-corrected chi connectivity index (χ0v) is 16.8. The van der Waals surface area contributed by atoms with Crippen molar-refractivity contribution < 1.29 is 18.0 Å². The van der Waals surface area contributed by atoms with Crippen molar-refractivity contribution in [2.45, 2.75) is 30.6 Å².